The van der Waals surface area contributed by atoms with E-state index in [1.807, 2.05) is 13.8 Å². The molecule has 3 heterocycles. The Hall–Kier alpha value is -3.92. The molecule has 4 aromatic rings. The SMILES string of the molecule is CC(C)n1ncc2c(C(=O)OCc3ccccc3C#N)cc(-c3ccco3)nc21. The first kappa shape index (κ1) is 18.4. The highest BCUT2D eigenvalue weighted by atomic mass is 16.5. The van der Waals surface area contributed by atoms with Crippen molar-refractivity contribution in [3.63, 3.8) is 0 Å². The highest BCUT2D eigenvalue weighted by molar-refractivity contribution is 6.03. The fourth-order valence-corrected chi connectivity index (χ4v) is 3.09. The molecule has 0 amide bonds. The largest absolute Gasteiger partial charge is 0.463 e. The van der Waals surface area contributed by atoms with E-state index in [0.717, 1.165) is 0 Å². The van der Waals surface area contributed by atoms with Crippen LogP contribution in [0.1, 0.15) is 41.4 Å². The van der Waals surface area contributed by atoms with Crippen molar-refractivity contribution in [1.29, 1.82) is 5.26 Å². The molecular weight excluding hydrogens is 368 g/mol. The van der Waals surface area contributed by atoms with Crippen molar-refractivity contribution >= 4 is 17.0 Å². The van der Waals surface area contributed by atoms with Crippen LogP contribution in [0.4, 0.5) is 0 Å². The van der Waals surface area contributed by atoms with Crippen molar-refractivity contribution in [2.24, 2.45) is 0 Å². The maximum Gasteiger partial charge on any atom is 0.339 e. The Morgan fingerprint density at radius 3 is 2.83 bits per heavy atom. The van der Waals surface area contributed by atoms with Crippen LogP contribution in [0.2, 0.25) is 0 Å². The minimum atomic E-state index is -0.513. The third kappa shape index (κ3) is 3.48. The number of furan rings is 1. The van der Waals surface area contributed by atoms with Gasteiger partial charge in [-0.3, -0.25) is 0 Å². The van der Waals surface area contributed by atoms with Gasteiger partial charge in [0.2, 0.25) is 0 Å². The molecular formula is C22H18N4O3. The van der Waals surface area contributed by atoms with Crippen LogP contribution in [0.3, 0.4) is 0 Å². The van der Waals surface area contributed by atoms with E-state index in [1.165, 1.54) is 0 Å². The van der Waals surface area contributed by atoms with Gasteiger partial charge in [0.05, 0.1) is 35.0 Å². The minimum Gasteiger partial charge on any atom is -0.463 e. The first-order valence-electron chi connectivity index (χ1n) is 9.15. The maximum absolute atomic E-state index is 12.9. The average molecular weight is 386 g/mol. The molecule has 0 N–H and O–H groups in total. The summed E-state index contributed by atoms with van der Waals surface area (Å²) in [5.41, 5.74) is 2.58. The number of hydrogen-bond acceptors (Lipinski definition) is 6. The lowest BCUT2D eigenvalue weighted by atomic mass is 10.1. The molecule has 0 aliphatic carbocycles. The molecule has 0 saturated heterocycles. The number of esters is 1. The van der Waals surface area contributed by atoms with Gasteiger partial charge in [0.1, 0.15) is 12.3 Å². The number of aromatic nitrogens is 3. The molecule has 0 saturated carbocycles. The van der Waals surface area contributed by atoms with Crippen molar-refractivity contribution in [2.75, 3.05) is 0 Å². The van der Waals surface area contributed by atoms with Crippen molar-refractivity contribution in [3.05, 3.63) is 71.6 Å². The van der Waals surface area contributed by atoms with Crippen LogP contribution in [-0.4, -0.2) is 20.7 Å². The van der Waals surface area contributed by atoms with Crippen LogP contribution in [0.25, 0.3) is 22.5 Å². The lowest BCUT2D eigenvalue weighted by Gasteiger charge is -2.10. The van der Waals surface area contributed by atoms with E-state index in [4.69, 9.17) is 9.15 Å². The van der Waals surface area contributed by atoms with Gasteiger partial charge in [0, 0.05) is 11.6 Å². The summed E-state index contributed by atoms with van der Waals surface area (Å²) in [6, 6.07) is 14.4. The molecule has 7 heteroatoms. The number of ether oxygens (including phenoxy) is 1. The molecule has 29 heavy (non-hydrogen) atoms. The normalized spacial score (nSPS) is 11.0. The summed E-state index contributed by atoms with van der Waals surface area (Å²) in [7, 11) is 0. The number of benzene rings is 1. The van der Waals surface area contributed by atoms with E-state index < -0.39 is 5.97 Å². The minimum absolute atomic E-state index is 0.000780. The highest BCUT2D eigenvalue weighted by Crippen LogP contribution is 2.27. The number of carbonyl (C=O) groups excluding carboxylic acids is 1. The Labute approximate surface area is 167 Å². The van der Waals surface area contributed by atoms with Gasteiger partial charge in [0.15, 0.2) is 11.4 Å². The lowest BCUT2D eigenvalue weighted by molar-refractivity contribution is 0.0475. The monoisotopic (exact) mass is 386 g/mol. The molecule has 144 valence electrons. The van der Waals surface area contributed by atoms with E-state index in [0.29, 0.717) is 39.2 Å². The van der Waals surface area contributed by atoms with Gasteiger partial charge in [0.25, 0.3) is 0 Å². The fraction of sp³-hybridized carbons (Fsp3) is 0.182. The van der Waals surface area contributed by atoms with Crippen molar-refractivity contribution in [3.8, 4) is 17.5 Å². The summed E-state index contributed by atoms with van der Waals surface area (Å²) in [4.78, 5) is 17.6. The van der Waals surface area contributed by atoms with E-state index in [9.17, 15) is 10.1 Å². The van der Waals surface area contributed by atoms with Gasteiger partial charge in [-0.2, -0.15) is 10.4 Å². The molecule has 0 unspecified atom stereocenters. The molecule has 0 radical (unpaired) electrons. The van der Waals surface area contributed by atoms with Crippen molar-refractivity contribution < 1.29 is 13.9 Å². The Balaban J connectivity index is 1.74. The quantitative estimate of drug-likeness (QED) is 0.469. The summed E-state index contributed by atoms with van der Waals surface area (Å²) >= 11 is 0. The molecule has 0 aliphatic heterocycles. The Kier molecular flexibility index (Phi) is 4.83. The Morgan fingerprint density at radius 2 is 2.10 bits per heavy atom. The van der Waals surface area contributed by atoms with Crippen LogP contribution in [0.5, 0.6) is 0 Å². The molecule has 7 nitrogen and oxygen atoms in total. The van der Waals surface area contributed by atoms with Crippen LogP contribution < -0.4 is 0 Å². The molecule has 0 fully saturated rings. The molecule has 0 aliphatic rings. The number of nitriles is 1. The third-order valence-electron chi connectivity index (χ3n) is 4.55. The Morgan fingerprint density at radius 1 is 1.28 bits per heavy atom. The van der Waals surface area contributed by atoms with Crippen LogP contribution in [-0.2, 0) is 11.3 Å². The number of rotatable bonds is 5. The zero-order valence-corrected chi connectivity index (χ0v) is 16.0. The first-order chi connectivity index (χ1) is 14.1. The van der Waals surface area contributed by atoms with E-state index in [1.54, 1.807) is 59.6 Å². The van der Waals surface area contributed by atoms with Gasteiger partial charge in [-0.25, -0.2) is 14.5 Å². The van der Waals surface area contributed by atoms with Crippen LogP contribution >= 0.6 is 0 Å². The second-order valence-corrected chi connectivity index (χ2v) is 6.80. The first-order valence-corrected chi connectivity index (χ1v) is 9.15. The zero-order valence-electron chi connectivity index (χ0n) is 16.0. The van der Waals surface area contributed by atoms with Gasteiger partial charge < -0.3 is 9.15 Å². The summed E-state index contributed by atoms with van der Waals surface area (Å²) in [6.07, 6.45) is 3.17. The van der Waals surface area contributed by atoms with Crippen molar-refractivity contribution in [1.82, 2.24) is 14.8 Å². The maximum atomic E-state index is 12.9. The predicted molar refractivity (Wildman–Crippen MR) is 106 cm³/mol. The lowest BCUT2D eigenvalue weighted by Crippen LogP contribution is -2.09. The second kappa shape index (κ2) is 7.60. The van der Waals surface area contributed by atoms with Gasteiger partial charge in [-0.05, 0) is 38.1 Å². The topological polar surface area (TPSA) is 93.9 Å². The fourth-order valence-electron chi connectivity index (χ4n) is 3.09. The summed E-state index contributed by atoms with van der Waals surface area (Å²) < 4.78 is 12.7. The molecule has 1 aromatic carbocycles. The summed E-state index contributed by atoms with van der Waals surface area (Å²) in [5.74, 6) is 0.0357. The smallest absolute Gasteiger partial charge is 0.339 e. The molecule has 0 spiro atoms. The predicted octanol–water partition coefficient (Wildman–Crippen LogP) is 4.50. The van der Waals surface area contributed by atoms with E-state index >= 15 is 0 Å². The average Bonchev–Trinajstić information content (AvgIpc) is 3.41. The van der Waals surface area contributed by atoms with Gasteiger partial charge >= 0.3 is 5.97 Å². The highest BCUT2D eigenvalue weighted by Gasteiger charge is 2.20. The third-order valence-corrected chi connectivity index (χ3v) is 4.55. The standard InChI is InChI=1S/C22H18N4O3/c1-14(2)26-21-18(12-24-26)17(10-19(25-21)20-8-5-9-28-20)22(27)29-13-16-7-4-3-6-15(16)11-23/h3-10,12,14H,13H2,1-2H3. The number of carbonyl (C=O) groups is 1. The summed E-state index contributed by atoms with van der Waals surface area (Å²) in [5, 5.41) is 14.2. The van der Waals surface area contributed by atoms with E-state index in [2.05, 4.69) is 16.2 Å². The summed E-state index contributed by atoms with van der Waals surface area (Å²) in [6.45, 7) is 3.98. The number of pyridine rings is 1. The number of hydrogen-bond donors (Lipinski definition) is 0. The zero-order chi connectivity index (χ0) is 20.4. The number of nitrogens with zero attached hydrogens (tertiary/aromatic N) is 4. The molecule has 0 bridgehead atoms. The second-order valence-electron chi connectivity index (χ2n) is 6.80. The van der Waals surface area contributed by atoms with Crippen molar-refractivity contribution in [2.45, 2.75) is 26.5 Å². The van der Waals surface area contributed by atoms with Crippen LogP contribution in [0, 0.1) is 11.3 Å². The van der Waals surface area contributed by atoms with Gasteiger partial charge in [-0.15, -0.1) is 0 Å². The molecule has 4 rings (SSSR count). The number of fused-ring (bicyclic) bond motifs is 1. The van der Waals surface area contributed by atoms with Crippen LogP contribution in [0.15, 0.2) is 59.3 Å². The molecule has 0 atom stereocenters. The van der Waals surface area contributed by atoms with E-state index in [-0.39, 0.29) is 12.6 Å². The molecule has 3 aromatic heterocycles. The Bertz CT molecular complexity index is 1220. The van der Waals surface area contributed by atoms with Gasteiger partial charge in [-0.1, -0.05) is 18.2 Å².